The number of aliphatic hydroxyl groups excluding tert-OH is 1. The largest absolute Gasteiger partial charge is 0.497 e. The van der Waals surface area contributed by atoms with Gasteiger partial charge in [0.15, 0.2) is 5.96 Å². The molecule has 0 bridgehead atoms. The van der Waals surface area contributed by atoms with Gasteiger partial charge >= 0.3 is 0 Å². The van der Waals surface area contributed by atoms with Crippen LogP contribution in [0.25, 0.3) is 0 Å². The van der Waals surface area contributed by atoms with Gasteiger partial charge < -0.3 is 25.2 Å². The molecule has 1 aliphatic carbocycles. The first kappa shape index (κ1) is 24.6. The minimum absolute atomic E-state index is 0. The lowest BCUT2D eigenvalue weighted by molar-refractivity contribution is 0.0395. The molecular formula is C25H34IN3O3. The topological polar surface area (TPSA) is 75.1 Å². The van der Waals surface area contributed by atoms with Gasteiger partial charge in [-0.2, -0.15) is 0 Å². The Kier molecular flexibility index (Phi) is 8.64. The summed E-state index contributed by atoms with van der Waals surface area (Å²) in [7, 11) is 1.62. The monoisotopic (exact) mass is 551 g/mol. The Bertz CT molecular complexity index is 915. The van der Waals surface area contributed by atoms with Gasteiger partial charge in [0, 0.05) is 18.5 Å². The van der Waals surface area contributed by atoms with Gasteiger partial charge in [-0.3, -0.25) is 4.99 Å². The lowest BCUT2D eigenvalue weighted by Gasteiger charge is -2.40. The summed E-state index contributed by atoms with van der Waals surface area (Å²) >= 11 is 0. The normalized spacial score (nSPS) is 20.0. The van der Waals surface area contributed by atoms with Gasteiger partial charge in [0.25, 0.3) is 0 Å². The Morgan fingerprint density at radius 3 is 2.75 bits per heavy atom. The Labute approximate surface area is 207 Å². The second kappa shape index (κ2) is 11.2. The van der Waals surface area contributed by atoms with Crippen LogP contribution in [0.4, 0.5) is 0 Å². The fourth-order valence-electron chi connectivity index (χ4n) is 4.69. The van der Waals surface area contributed by atoms with Crippen LogP contribution in [0.5, 0.6) is 11.5 Å². The van der Waals surface area contributed by atoms with Crippen LogP contribution in [0.3, 0.4) is 0 Å². The van der Waals surface area contributed by atoms with Crippen molar-refractivity contribution in [2.75, 3.05) is 20.2 Å². The number of halogens is 1. The molecule has 32 heavy (non-hydrogen) atoms. The van der Waals surface area contributed by atoms with Crippen LogP contribution >= 0.6 is 24.0 Å². The van der Waals surface area contributed by atoms with Gasteiger partial charge in [-0.05, 0) is 56.4 Å². The number of rotatable bonds is 6. The molecule has 1 fully saturated rings. The average Bonchev–Trinajstić information content (AvgIpc) is 3.24. The highest BCUT2D eigenvalue weighted by molar-refractivity contribution is 14.0. The Morgan fingerprint density at radius 2 is 2.00 bits per heavy atom. The van der Waals surface area contributed by atoms with E-state index in [4.69, 9.17) is 14.5 Å². The van der Waals surface area contributed by atoms with Gasteiger partial charge in [-0.25, -0.2) is 0 Å². The number of benzene rings is 2. The lowest BCUT2D eigenvalue weighted by atomic mass is 9.86. The van der Waals surface area contributed by atoms with E-state index in [-0.39, 0.29) is 42.2 Å². The average molecular weight is 551 g/mol. The first-order valence-corrected chi connectivity index (χ1v) is 11.3. The van der Waals surface area contributed by atoms with Crippen LogP contribution in [0.2, 0.25) is 0 Å². The number of ether oxygens (including phenoxy) is 2. The highest BCUT2D eigenvalue weighted by atomic mass is 127. The second-order valence-electron chi connectivity index (χ2n) is 8.44. The number of hydrogen-bond acceptors (Lipinski definition) is 4. The van der Waals surface area contributed by atoms with E-state index in [0.717, 1.165) is 42.9 Å². The predicted molar refractivity (Wildman–Crippen MR) is 138 cm³/mol. The van der Waals surface area contributed by atoms with E-state index in [1.807, 2.05) is 37.3 Å². The van der Waals surface area contributed by atoms with Crippen molar-refractivity contribution in [2.45, 2.75) is 56.8 Å². The summed E-state index contributed by atoms with van der Waals surface area (Å²) in [4.78, 5) is 4.69. The quantitative estimate of drug-likeness (QED) is 0.275. The molecule has 1 spiro atoms. The zero-order valence-electron chi connectivity index (χ0n) is 18.8. The van der Waals surface area contributed by atoms with Gasteiger partial charge in [-0.15, -0.1) is 24.0 Å². The number of methoxy groups -OCH3 is 1. The Hall–Kier alpha value is -2.00. The number of guanidine groups is 1. The van der Waals surface area contributed by atoms with E-state index in [1.165, 1.54) is 18.4 Å². The van der Waals surface area contributed by atoms with Crippen molar-refractivity contribution in [3.63, 3.8) is 0 Å². The third kappa shape index (κ3) is 5.67. The molecule has 2 aliphatic rings. The number of para-hydroxylation sites is 1. The standard InChI is InChI=1S/C25H33N3O3.HI/c1-3-26-24(27-17-22(29)18-9-8-10-19(15-18)30-2)28-21-16-25(13-6-7-14-25)31-23-12-5-4-11-20(21)23;/h4-5,8-12,15,21-22,29H,3,6-7,13-14,16-17H2,1-2H3,(H2,26,27,28);1H. The predicted octanol–water partition coefficient (Wildman–Crippen LogP) is 4.74. The zero-order valence-corrected chi connectivity index (χ0v) is 21.2. The molecule has 0 aromatic heterocycles. The van der Waals surface area contributed by atoms with E-state index in [1.54, 1.807) is 7.11 Å². The minimum atomic E-state index is -0.700. The van der Waals surface area contributed by atoms with Gasteiger partial charge in [0.1, 0.15) is 17.1 Å². The lowest BCUT2D eigenvalue weighted by Crippen LogP contribution is -2.46. The van der Waals surface area contributed by atoms with Crippen LogP contribution in [0.1, 0.15) is 62.3 Å². The number of aliphatic hydroxyl groups is 1. The molecule has 0 amide bonds. The Morgan fingerprint density at radius 1 is 1.22 bits per heavy atom. The zero-order chi connectivity index (χ0) is 21.7. The molecule has 6 nitrogen and oxygen atoms in total. The molecule has 1 saturated carbocycles. The number of aliphatic imine (C=N–C) groups is 1. The summed E-state index contributed by atoms with van der Waals surface area (Å²) in [6, 6.07) is 15.9. The molecule has 3 N–H and O–H groups in total. The summed E-state index contributed by atoms with van der Waals surface area (Å²) < 4.78 is 11.7. The molecule has 1 aliphatic heterocycles. The van der Waals surface area contributed by atoms with Crippen molar-refractivity contribution in [3.05, 3.63) is 59.7 Å². The highest BCUT2D eigenvalue weighted by Crippen LogP contribution is 2.46. The maximum absolute atomic E-state index is 10.7. The van der Waals surface area contributed by atoms with E-state index >= 15 is 0 Å². The third-order valence-electron chi connectivity index (χ3n) is 6.27. The molecule has 1 heterocycles. The number of nitrogens with one attached hydrogen (secondary N) is 2. The summed E-state index contributed by atoms with van der Waals surface area (Å²) in [6.45, 7) is 3.06. The summed E-state index contributed by atoms with van der Waals surface area (Å²) in [5.74, 6) is 2.41. The number of nitrogens with zero attached hydrogens (tertiary/aromatic N) is 1. The molecule has 2 aromatic carbocycles. The summed E-state index contributed by atoms with van der Waals surface area (Å²) in [5.41, 5.74) is 1.88. The smallest absolute Gasteiger partial charge is 0.191 e. The summed E-state index contributed by atoms with van der Waals surface area (Å²) in [6.07, 6.45) is 4.86. The first-order chi connectivity index (χ1) is 15.1. The maximum Gasteiger partial charge on any atom is 0.191 e. The number of fused-ring (bicyclic) bond motifs is 1. The molecule has 4 rings (SSSR count). The Balaban J connectivity index is 0.00000289. The van der Waals surface area contributed by atoms with Gasteiger partial charge in [0.05, 0.1) is 25.8 Å². The first-order valence-electron chi connectivity index (χ1n) is 11.3. The van der Waals surface area contributed by atoms with Crippen LogP contribution in [0.15, 0.2) is 53.5 Å². The molecule has 2 aromatic rings. The molecule has 0 saturated heterocycles. The van der Waals surface area contributed by atoms with E-state index < -0.39 is 6.10 Å². The van der Waals surface area contributed by atoms with Crippen molar-refractivity contribution in [1.29, 1.82) is 0 Å². The van der Waals surface area contributed by atoms with Crippen LogP contribution in [0, 0.1) is 0 Å². The van der Waals surface area contributed by atoms with Crippen molar-refractivity contribution in [3.8, 4) is 11.5 Å². The minimum Gasteiger partial charge on any atom is -0.497 e. The fourth-order valence-corrected chi connectivity index (χ4v) is 4.69. The van der Waals surface area contributed by atoms with Crippen molar-refractivity contribution in [2.24, 2.45) is 4.99 Å². The van der Waals surface area contributed by atoms with Crippen LogP contribution < -0.4 is 20.1 Å². The van der Waals surface area contributed by atoms with Crippen molar-refractivity contribution < 1.29 is 14.6 Å². The molecule has 2 atom stereocenters. The summed E-state index contributed by atoms with van der Waals surface area (Å²) in [5, 5.41) is 17.6. The van der Waals surface area contributed by atoms with Crippen molar-refractivity contribution >= 4 is 29.9 Å². The third-order valence-corrected chi connectivity index (χ3v) is 6.27. The molecule has 0 radical (unpaired) electrons. The highest BCUT2D eigenvalue weighted by Gasteiger charge is 2.43. The van der Waals surface area contributed by atoms with Crippen LogP contribution in [-0.2, 0) is 0 Å². The maximum atomic E-state index is 10.7. The van der Waals surface area contributed by atoms with E-state index in [9.17, 15) is 5.11 Å². The van der Waals surface area contributed by atoms with Gasteiger partial charge in [0.2, 0.25) is 0 Å². The van der Waals surface area contributed by atoms with Crippen LogP contribution in [-0.4, -0.2) is 36.9 Å². The molecular weight excluding hydrogens is 517 g/mol. The molecule has 7 heteroatoms. The SMILES string of the molecule is CCNC(=NCC(O)c1cccc(OC)c1)NC1CC2(CCCC2)Oc2ccccc21.I. The number of hydrogen-bond donors (Lipinski definition) is 3. The van der Waals surface area contributed by atoms with E-state index in [0.29, 0.717) is 5.96 Å². The molecule has 174 valence electrons. The molecule has 2 unspecified atom stereocenters. The van der Waals surface area contributed by atoms with Crippen molar-refractivity contribution in [1.82, 2.24) is 10.6 Å². The van der Waals surface area contributed by atoms with Gasteiger partial charge in [-0.1, -0.05) is 30.3 Å². The second-order valence-corrected chi connectivity index (χ2v) is 8.44. The van der Waals surface area contributed by atoms with E-state index in [2.05, 4.69) is 28.8 Å². The fraction of sp³-hybridized carbons (Fsp3) is 0.480.